The molecule has 1 N–H and O–H groups in total. The van der Waals surface area contributed by atoms with Gasteiger partial charge in [0.15, 0.2) is 0 Å². The first-order valence-corrected chi connectivity index (χ1v) is 8.23. The van der Waals surface area contributed by atoms with E-state index in [0.717, 1.165) is 11.4 Å². The lowest BCUT2D eigenvalue weighted by Crippen LogP contribution is -2.37. The molecule has 0 fully saturated rings. The van der Waals surface area contributed by atoms with Gasteiger partial charge in [-0.2, -0.15) is 0 Å². The second kappa shape index (κ2) is 6.67. The van der Waals surface area contributed by atoms with Crippen molar-refractivity contribution in [3.63, 3.8) is 0 Å². The first kappa shape index (κ1) is 16.4. The molecule has 3 heteroatoms. The molecule has 3 atom stereocenters. The van der Waals surface area contributed by atoms with Crippen LogP contribution < -0.4 is 5.32 Å². The van der Waals surface area contributed by atoms with Crippen LogP contribution in [-0.4, -0.2) is 22.0 Å². The molecule has 19 heavy (non-hydrogen) atoms. The molecule has 108 valence electrons. The molecule has 0 radical (unpaired) electrons. The summed E-state index contributed by atoms with van der Waals surface area (Å²) >= 11 is 0. The third-order valence-electron chi connectivity index (χ3n) is 3.52. The molecule has 0 saturated carbocycles. The summed E-state index contributed by atoms with van der Waals surface area (Å²) in [6.07, 6.45) is 0. The summed E-state index contributed by atoms with van der Waals surface area (Å²) < 4.78 is 12.5. The first-order chi connectivity index (χ1) is 8.77. The quantitative estimate of drug-likeness (QED) is 0.895. The van der Waals surface area contributed by atoms with Crippen LogP contribution in [0.25, 0.3) is 0 Å². The Morgan fingerprint density at radius 3 is 2.11 bits per heavy atom. The first-order valence-electron chi connectivity index (χ1n) is 7.02. The zero-order chi connectivity index (χ0) is 14.6. The van der Waals surface area contributed by atoms with Crippen LogP contribution in [0.15, 0.2) is 29.2 Å². The monoisotopic (exact) mass is 281 g/mol. The van der Waals surface area contributed by atoms with Crippen molar-refractivity contribution < 1.29 is 4.21 Å². The van der Waals surface area contributed by atoms with Crippen molar-refractivity contribution in [1.82, 2.24) is 5.32 Å². The third-order valence-corrected chi connectivity index (χ3v) is 5.34. The van der Waals surface area contributed by atoms with Gasteiger partial charge in [0.1, 0.15) is 0 Å². The van der Waals surface area contributed by atoms with Crippen molar-refractivity contribution in [2.45, 2.75) is 63.1 Å². The Morgan fingerprint density at radius 1 is 1.16 bits per heavy atom. The summed E-state index contributed by atoms with van der Waals surface area (Å²) in [5.41, 5.74) is 1.42. The molecule has 0 aliphatic heterocycles. The average Bonchev–Trinajstić information content (AvgIpc) is 2.36. The van der Waals surface area contributed by atoms with Crippen LogP contribution in [0, 0.1) is 0 Å². The van der Waals surface area contributed by atoms with E-state index in [-0.39, 0.29) is 16.7 Å². The molecular formula is C16H27NOS. The lowest BCUT2D eigenvalue weighted by Gasteiger charge is -2.22. The Balaban J connectivity index is 2.84. The highest BCUT2D eigenvalue weighted by Crippen LogP contribution is 2.24. The molecular weight excluding hydrogens is 254 g/mol. The second-order valence-corrected chi connectivity index (χ2v) is 7.93. The van der Waals surface area contributed by atoms with E-state index in [9.17, 15) is 4.21 Å². The van der Waals surface area contributed by atoms with Crippen LogP contribution in [-0.2, 0) is 16.2 Å². The van der Waals surface area contributed by atoms with E-state index < -0.39 is 10.8 Å². The lowest BCUT2D eigenvalue weighted by atomic mass is 9.87. The maximum Gasteiger partial charge on any atom is 0.0573 e. The Bertz CT molecular complexity index is 419. The zero-order valence-electron chi connectivity index (χ0n) is 13.0. The number of nitrogens with one attached hydrogen (secondary N) is 1. The molecule has 0 aliphatic rings. The van der Waals surface area contributed by atoms with Gasteiger partial charge >= 0.3 is 0 Å². The van der Waals surface area contributed by atoms with Crippen LogP contribution >= 0.6 is 0 Å². The SMILES string of the molecule is CCNC(C)C(C)S(=O)c1ccc(C(C)(C)C)cc1. The van der Waals surface area contributed by atoms with Gasteiger partial charge in [-0.05, 0) is 43.5 Å². The highest BCUT2D eigenvalue weighted by atomic mass is 32.2. The fourth-order valence-corrected chi connectivity index (χ4v) is 3.28. The molecule has 2 nitrogen and oxygen atoms in total. The zero-order valence-corrected chi connectivity index (χ0v) is 13.8. The maximum atomic E-state index is 12.5. The molecule has 1 aromatic rings. The predicted octanol–water partition coefficient (Wildman–Crippen LogP) is 3.48. The molecule has 1 rings (SSSR count). The van der Waals surface area contributed by atoms with Crippen LogP contribution in [0.1, 0.15) is 47.1 Å². The fraction of sp³-hybridized carbons (Fsp3) is 0.625. The summed E-state index contributed by atoms with van der Waals surface area (Å²) in [5.74, 6) is 0. The summed E-state index contributed by atoms with van der Waals surface area (Å²) in [4.78, 5) is 0.922. The van der Waals surface area contributed by atoms with Crippen molar-refractivity contribution in [3.05, 3.63) is 29.8 Å². The van der Waals surface area contributed by atoms with Gasteiger partial charge in [0.25, 0.3) is 0 Å². The summed E-state index contributed by atoms with van der Waals surface area (Å²) in [7, 11) is -0.957. The van der Waals surface area contributed by atoms with Crippen LogP contribution in [0.5, 0.6) is 0 Å². The third kappa shape index (κ3) is 4.43. The number of hydrogen-bond acceptors (Lipinski definition) is 2. The maximum absolute atomic E-state index is 12.5. The van der Waals surface area contributed by atoms with E-state index in [1.807, 2.05) is 19.1 Å². The molecule has 0 saturated heterocycles. The minimum Gasteiger partial charge on any atom is -0.313 e. The van der Waals surface area contributed by atoms with Gasteiger partial charge in [-0.15, -0.1) is 0 Å². The van der Waals surface area contributed by atoms with E-state index in [1.54, 1.807) is 0 Å². The minimum absolute atomic E-state index is 0.112. The Labute approximate surface area is 120 Å². The van der Waals surface area contributed by atoms with E-state index in [1.165, 1.54) is 5.56 Å². The topological polar surface area (TPSA) is 29.1 Å². The second-order valence-electron chi connectivity index (χ2n) is 6.12. The number of rotatable bonds is 5. The van der Waals surface area contributed by atoms with Gasteiger partial charge in [0.2, 0.25) is 0 Å². The molecule has 0 amide bonds. The molecule has 0 heterocycles. The van der Waals surface area contributed by atoms with Crippen molar-refractivity contribution in [2.24, 2.45) is 0 Å². The molecule has 0 spiro atoms. The minimum atomic E-state index is -0.957. The standard InChI is InChI=1S/C16H27NOS/c1-7-17-12(2)13(3)19(18)15-10-8-14(9-11-15)16(4,5)6/h8-13,17H,7H2,1-6H3. The van der Waals surface area contributed by atoms with Crippen LogP contribution in [0.3, 0.4) is 0 Å². The molecule has 0 aromatic heterocycles. The van der Waals surface area contributed by atoms with Crippen molar-refractivity contribution >= 4 is 10.8 Å². The summed E-state index contributed by atoms with van der Waals surface area (Å²) in [6, 6.07) is 8.46. The van der Waals surface area contributed by atoms with Gasteiger partial charge in [-0.1, -0.05) is 39.8 Å². The van der Waals surface area contributed by atoms with Gasteiger partial charge in [0.05, 0.1) is 16.0 Å². The summed E-state index contributed by atoms with van der Waals surface area (Å²) in [6.45, 7) is 13.7. The van der Waals surface area contributed by atoms with Crippen molar-refractivity contribution in [1.29, 1.82) is 0 Å². The van der Waals surface area contributed by atoms with E-state index >= 15 is 0 Å². The van der Waals surface area contributed by atoms with Gasteiger partial charge in [-0.25, -0.2) is 0 Å². The predicted molar refractivity (Wildman–Crippen MR) is 84.2 cm³/mol. The lowest BCUT2D eigenvalue weighted by molar-refractivity contribution is 0.549. The molecule has 0 bridgehead atoms. The molecule has 0 aliphatic carbocycles. The van der Waals surface area contributed by atoms with E-state index in [2.05, 4.69) is 52.1 Å². The number of benzene rings is 1. The normalized spacial score (nSPS) is 16.9. The Hall–Kier alpha value is -0.670. The molecule has 1 aromatic carbocycles. The van der Waals surface area contributed by atoms with Crippen molar-refractivity contribution in [3.8, 4) is 0 Å². The average molecular weight is 281 g/mol. The fourth-order valence-electron chi connectivity index (χ4n) is 1.98. The highest BCUT2D eigenvalue weighted by Gasteiger charge is 2.20. The van der Waals surface area contributed by atoms with E-state index in [4.69, 9.17) is 0 Å². The summed E-state index contributed by atoms with van der Waals surface area (Å²) in [5, 5.41) is 3.45. The smallest absolute Gasteiger partial charge is 0.0573 e. The Morgan fingerprint density at radius 2 is 1.68 bits per heavy atom. The number of hydrogen-bond donors (Lipinski definition) is 1. The highest BCUT2D eigenvalue weighted by molar-refractivity contribution is 7.85. The Kier molecular flexibility index (Phi) is 5.75. The van der Waals surface area contributed by atoms with Crippen LogP contribution in [0.4, 0.5) is 0 Å². The largest absolute Gasteiger partial charge is 0.313 e. The van der Waals surface area contributed by atoms with E-state index in [0.29, 0.717) is 0 Å². The molecule has 3 unspecified atom stereocenters. The van der Waals surface area contributed by atoms with Gasteiger partial charge in [-0.3, -0.25) is 4.21 Å². The van der Waals surface area contributed by atoms with Gasteiger partial charge in [0, 0.05) is 10.9 Å². The van der Waals surface area contributed by atoms with Crippen LogP contribution in [0.2, 0.25) is 0 Å². The van der Waals surface area contributed by atoms with Crippen molar-refractivity contribution in [2.75, 3.05) is 6.54 Å². The van der Waals surface area contributed by atoms with Gasteiger partial charge < -0.3 is 5.32 Å².